The van der Waals surface area contributed by atoms with Crippen LogP contribution in [0.1, 0.15) is 53.9 Å². The van der Waals surface area contributed by atoms with Crippen molar-refractivity contribution in [1.29, 1.82) is 0 Å². The second-order valence-electron chi connectivity index (χ2n) is 11.5. The number of allylic oxidation sites excluding steroid dienone is 1. The summed E-state index contributed by atoms with van der Waals surface area (Å²) >= 11 is 1.25. The number of anilines is 1. The number of hydrogen-bond acceptors (Lipinski definition) is 9. The first-order chi connectivity index (χ1) is 24.8. The number of amides is 1. The molecule has 6 rings (SSSR count). The predicted octanol–water partition coefficient (Wildman–Crippen LogP) is 6.04. The van der Waals surface area contributed by atoms with Crippen LogP contribution in [-0.2, 0) is 16.1 Å². The fraction of sp³-hybridized carbons (Fsp3) is 0.200. The van der Waals surface area contributed by atoms with Crippen molar-refractivity contribution in [2.75, 3.05) is 25.6 Å². The Balaban J connectivity index is 1.33. The average molecular weight is 704 g/mol. The molecule has 0 spiro atoms. The van der Waals surface area contributed by atoms with Gasteiger partial charge in [0.25, 0.3) is 11.5 Å². The molecule has 4 aromatic carbocycles. The van der Waals surface area contributed by atoms with E-state index in [1.807, 2.05) is 73.7 Å². The fourth-order valence-corrected chi connectivity index (χ4v) is 6.77. The molecule has 0 radical (unpaired) electrons. The van der Waals surface area contributed by atoms with Gasteiger partial charge in [0.2, 0.25) is 0 Å². The van der Waals surface area contributed by atoms with Crippen molar-refractivity contribution in [1.82, 2.24) is 4.57 Å². The van der Waals surface area contributed by atoms with Crippen molar-refractivity contribution in [2.24, 2.45) is 4.99 Å². The van der Waals surface area contributed by atoms with Crippen LogP contribution in [0, 0.1) is 0 Å². The molecule has 51 heavy (non-hydrogen) atoms. The molecule has 0 unspecified atom stereocenters. The molecular formula is C40H37N3O7S. The van der Waals surface area contributed by atoms with Crippen molar-refractivity contribution >= 4 is 35.0 Å². The summed E-state index contributed by atoms with van der Waals surface area (Å²) in [6.07, 6.45) is 1.79. The van der Waals surface area contributed by atoms with Crippen LogP contribution in [0.5, 0.6) is 17.2 Å². The van der Waals surface area contributed by atoms with E-state index in [4.69, 9.17) is 23.9 Å². The van der Waals surface area contributed by atoms with Gasteiger partial charge in [-0.25, -0.2) is 9.79 Å². The molecule has 1 aliphatic heterocycles. The Morgan fingerprint density at radius 3 is 2.41 bits per heavy atom. The molecule has 1 amide bonds. The van der Waals surface area contributed by atoms with Gasteiger partial charge in [-0.2, -0.15) is 0 Å². The van der Waals surface area contributed by atoms with Gasteiger partial charge in [-0.3, -0.25) is 14.2 Å². The molecule has 10 nitrogen and oxygen atoms in total. The van der Waals surface area contributed by atoms with Gasteiger partial charge in [0.15, 0.2) is 16.3 Å². The van der Waals surface area contributed by atoms with Crippen molar-refractivity contribution in [3.63, 3.8) is 0 Å². The molecule has 0 saturated carbocycles. The van der Waals surface area contributed by atoms with Crippen LogP contribution >= 0.6 is 11.3 Å². The molecule has 2 heterocycles. The van der Waals surface area contributed by atoms with Gasteiger partial charge in [0.1, 0.15) is 12.4 Å². The molecule has 1 aliphatic rings. The summed E-state index contributed by atoms with van der Waals surface area (Å²) in [6, 6.07) is 28.3. The third-order valence-corrected chi connectivity index (χ3v) is 9.12. The number of carbonyl (C=O) groups excluding carboxylic acids is 2. The zero-order valence-electron chi connectivity index (χ0n) is 28.7. The highest BCUT2D eigenvalue weighted by atomic mass is 32.1. The zero-order chi connectivity index (χ0) is 35.9. The second kappa shape index (κ2) is 15.7. The van der Waals surface area contributed by atoms with Crippen LogP contribution in [0.25, 0.3) is 6.08 Å². The van der Waals surface area contributed by atoms with Crippen LogP contribution < -0.4 is 34.4 Å². The number of carbonyl (C=O) groups is 2. The Bertz CT molecular complexity index is 2280. The van der Waals surface area contributed by atoms with Gasteiger partial charge in [0.05, 0.1) is 47.7 Å². The summed E-state index contributed by atoms with van der Waals surface area (Å²) in [6.45, 7) is 6.41. The highest BCUT2D eigenvalue weighted by Gasteiger charge is 2.33. The summed E-state index contributed by atoms with van der Waals surface area (Å²) in [5.41, 5.74) is 4.01. The number of fused-ring (bicyclic) bond motifs is 1. The average Bonchev–Trinajstić information content (AvgIpc) is 3.44. The van der Waals surface area contributed by atoms with E-state index in [1.54, 1.807) is 61.9 Å². The molecule has 1 atom stereocenters. The summed E-state index contributed by atoms with van der Waals surface area (Å²) in [5, 5.41) is 2.97. The fourth-order valence-electron chi connectivity index (χ4n) is 5.72. The number of hydrogen-bond donors (Lipinski definition) is 1. The first-order valence-electron chi connectivity index (χ1n) is 16.5. The van der Waals surface area contributed by atoms with Gasteiger partial charge in [0, 0.05) is 5.69 Å². The van der Waals surface area contributed by atoms with Crippen molar-refractivity contribution in [3.05, 3.63) is 150 Å². The molecule has 1 N–H and O–H groups in total. The minimum atomic E-state index is -0.747. The van der Waals surface area contributed by atoms with E-state index in [0.29, 0.717) is 67.9 Å². The topological polar surface area (TPSA) is 117 Å². The molecule has 1 aromatic heterocycles. The van der Waals surface area contributed by atoms with Crippen LogP contribution in [-0.4, -0.2) is 36.8 Å². The maximum atomic E-state index is 14.2. The number of rotatable bonds is 12. The van der Waals surface area contributed by atoms with E-state index in [0.717, 1.165) is 11.1 Å². The number of benzene rings is 4. The molecule has 0 aliphatic carbocycles. The third kappa shape index (κ3) is 7.79. The second-order valence-corrected chi connectivity index (χ2v) is 12.5. The van der Waals surface area contributed by atoms with Crippen molar-refractivity contribution in [2.45, 2.75) is 33.4 Å². The van der Waals surface area contributed by atoms with Gasteiger partial charge in [-0.1, -0.05) is 59.9 Å². The van der Waals surface area contributed by atoms with Crippen LogP contribution in [0.2, 0.25) is 0 Å². The lowest BCUT2D eigenvalue weighted by molar-refractivity contribution is -0.113. The monoisotopic (exact) mass is 703 g/mol. The minimum Gasteiger partial charge on any atom is -0.497 e. The summed E-state index contributed by atoms with van der Waals surface area (Å²) < 4.78 is 24.6. The normalized spacial score (nSPS) is 14.0. The molecule has 5 aromatic rings. The Morgan fingerprint density at radius 2 is 1.69 bits per heavy atom. The summed E-state index contributed by atoms with van der Waals surface area (Å²) in [7, 11) is 1.58. The smallest absolute Gasteiger partial charge is 0.338 e. The van der Waals surface area contributed by atoms with Crippen LogP contribution in [0.4, 0.5) is 5.69 Å². The lowest BCUT2D eigenvalue weighted by Gasteiger charge is -2.25. The molecule has 0 saturated heterocycles. The molecule has 11 heteroatoms. The maximum Gasteiger partial charge on any atom is 0.338 e. The standard InChI is InChI=1S/C40H37N3O7S/c1-5-48-33-21-27(17-20-32(33)50-24-26-15-18-28(19-16-26)39(46)49-6-2)22-34-38(45)43-36(29-11-10-14-31(23-29)47-4)35(25(3)41-40(43)51-34)37(44)42-30-12-8-7-9-13-30/h7-23,36H,5-6,24H2,1-4H3,(H,42,44)/b34-22-/t36-/m1/s1. The number of ether oxygens (including phenoxy) is 4. The van der Waals surface area contributed by atoms with Crippen LogP contribution in [0.15, 0.2) is 118 Å². The number of thiazole rings is 1. The predicted molar refractivity (Wildman–Crippen MR) is 196 cm³/mol. The first-order valence-corrected chi connectivity index (χ1v) is 17.3. The van der Waals surface area contributed by atoms with E-state index >= 15 is 0 Å². The van der Waals surface area contributed by atoms with Crippen LogP contribution in [0.3, 0.4) is 0 Å². The SMILES string of the molecule is CCOC(=O)c1ccc(COc2ccc(/C=c3\sc4n(c3=O)[C@H](c3cccc(OC)c3)C(C(=O)Nc3ccccc3)=C(C)N=4)cc2OCC)cc1. The molecular weight excluding hydrogens is 667 g/mol. The number of para-hydroxylation sites is 1. The third-order valence-electron chi connectivity index (χ3n) is 8.13. The first kappa shape index (κ1) is 34.9. The molecule has 0 bridgehead atoms. The number of nitrogens with one attached hydrogen (secondary N) is 1. The van der Waals surface area contributed by atoms with Gasteiger partial charge in [-0.05, 0) is 92.1 Å². The Hall–Kier alpha value is -5.94. The highest BCUT2D eigenvalue weighted by molar-refractivity contribution is 7.07. The van der Waals surface area contributed by atoms with Crippen molar-refractivity contribution < 1.29 is 28.5 Å². The maximum absolute atomic E-state index is 14.2. The summed E-state index contributed by atoms with van der Waals surface area (Å²) in [5.74, 6) is 0.939. The number of esters is 1. The van der Waals surface area contributed by atoms with E-state index in [9.17, 15) is 14.4 Å². The summed E-state index contributed by atoms with van der Waals surface area (Å²) in [4.78, 5) is 45.3. The lowest BCUT2D eigenvalue weighted by atomic mass is 9.95. The van der Waals surface area contributed by atoms with E-state index in [2.05, 4.69) is 5.32 Å². The lowest BCUT2D eigenvalue weighted by Crippen LogP contribution is -2.40. The largest absolute Gasteiger partial charge is 0.497 e. The van der Waals surface area contributed by atoms with Gasteiger partial charge < -0.3 is 24.3 Å². The van der Waals surface area contributed by atoms with Gasteiger partial charge >= 0.3 is 5.97 Å². The quantitative estimate of drug-likeness (QED) is 0.158. The Kier molecular flexibility index (Phi) is 10.8. The van der Waals surface area contributed by atoms with Gasteiger partial charge in [-0.15, -0.1) is 0 Å². The number of methoxy groups -OCH3 is 1. The molecule has 260 valence electrons. The van der Waals surface area contributed by atoms with E-state index in [1.165, 1.54) is 11.3 Å². The Labute approximate surface area is 298 Å². The Morgan fingerprint density at radius 1 is 0.902 bits per heavy atom. The number of aromatic nitrogens is 1. The number of nitrogens with zero attached hydrogens (tertiary/aromatic N) is 2. The van der Waals surface area contributed by atoms with Crippen molar-refractivity contribution in [3.8, 4) is 17.2 Å². The minimum absolute atomic E-state index is 0.255. The van der Waals surface area contributed by atoms with E-state index < -0.39 is 6.04 Å². The van der Waals surface area contributed by atoms with E-state index in [-0.39, 0.29) is 24.0 Å². The highest BCUT2D eigenvalue weighted by Crippen LogP contribution is 2.33. The molecule has 0 fully saturated rings. The zero-order valence-corrected chi connectivity index (χ0v) is 29.5.